The second-order valence-electron chi connectivity index (χ2n) is 2.75. The molecular weight excluding hydrogens is 193 g/mol. The van der Waals surface area contributed by atoms with Gasteiger partial charge >= 0.3 is 7.12 Å². The van der Waals surface area contributed by atoms with Crippen molar-refractivity contribution in [2.75, 3.05) is 13.2 Å². The first kappa shape index (κ1) is 9.00. The van der Waals surface area contributed by atoms with Gasteiger partial charge in [0.1, 0.15) is 5.82 Å². The maximum absolute atomic E-state index is 12.8. The van der Waals surface area contributed by atoms with E-state index in [9.17, 15) is 4.39 Å². The lowest BCUT2D eigenvalue weighted by Crippen LogP contribution is -2.31. The summed E-state index contributed by atoms with van der Waals surface area (Å²) in [4.78, 5) is 0. The van der Waals surface area contributed by atoms with Crippen molar-refractivity contribution in [3.8, 4) is 0 Å². The van der Waals surface area contributed by atoms with Gasteiger partial charge in [0.2, 0.25) is 0 Å². The monoisotopic (exact) mass is 200 g/mol. The van der Waals surface area contributed by atoms with E-state index in [1.165, 1.54) is 12.1 Å². The molecule has 1 aromatic rings. The summed E-state index contributed by atoms with van der Waals surface area (Å²) in [6.45, 7) is 1.14. The maximum atomic E-state index is 12.8. The average Bonchev–Trinajstić information content (AvgIpc) is 2.62. The lowest BCUT2D eigenvalue weighted by molar-refractivity contribution is 0.365. The molecule has 0 radical (unpaired) electrons. The van der Waals surface area contributed by atoms with Crippen LogP contribution in [0.1, 0.15) is 0 Å². The van der Waals surface area contributed by atoms with E-state index in [2.05, 4.69) is 0 Å². The van der Waals surface area contributed by atoms with Gasteiger partial charge in [-0.3, -0.25) is 0 Å². The minimum atomic E-state index is -0.427. The molecule has 1 aromatic carbocycles. The molecule has 0 bridgehead atoms. The molecule has 1 aliphatic rings. The number of benzene rings is 1. The number of hydrogen-bond donors (Lipinski definition) is 0. The Balaban J connectivity index is 2.25. The lowest BCUT2D eigenvalue weighted by Gasteiger charge is -2.04. The zero-order valence-corrected chi connectivity index (χ0v) is 7.55. The third-order valence-corrected chi connectivity index (χ3v) is 2.13. The molecule has 2 nitrogen and oxygen atoms in total. The molecule has 0 N–H and O–H groups in total. The van der Waals surface area contributed by atoms with Crippen LogP contribution in [0.2, 0.25) is 5.02 Å². The van der Waals surface area contributed by atoms with Gasteiger partial charge in [-0.25, -0.2) is 4.39 Å². The van der Waals surface area contributed by atoms with Crippen molar-refractivity contribution < 1.29 is 13.7 Å². The van der Waals surface area contributed by atoms with Crippen LogP contribution in [0.25, 0.3) is 0 Å². The maximum Gasteiger partial charge on any atom is 0.494 e. The van der Waals surface area contributed by atoms with E-state index in [1.807, 2.05) is 0 Å². The van der Waals surface area contributed by atoms with Crippen LogP contribution < -0.4 is 5.46 Å². The molecule has 0 amide bonds. The first-order valence-electron chi connectivity index (χ1n) is 3.95. The third kappa shape index (κ3) is 1.85. The number of hydrogen-bond acceptors (Lipinski definition) is 2. The van der Waals surface area contributed by atoms with Crippen LogP contribution in [0.5, 0.6) is 0 Å². The predicted octanol–water partition coefficient (Wildman–Crippen LogP) is 1.22. The quantitative estimate of drug-likeness (QED) is 0.635. The molecule has 0 aliphatic carbocycles. The fourth-order valence-corrected chi connectivity index (χ4v) is 1.40. The van der Waals surface area contributed by atoms with E-state index in [0.717, 1.165) is 5.46 Å². The SMILES string of the molecule is Fc1ccc(B2OCCO2)cc1Cl. The van der Waals surface area contributed by atoms with Gasteiger partial charge in [-0.05, 0) is 17.6 Å². The lowest BCUT2D eigenvalue weighted by atomic mass is 9.79. The standard InChI is InChI=1S/C8H7BClFO2/c10-7-5-6(1-2-8(7)11)9-12-3-4-13-9/h1-2,5H,3-4H2. The van der Waals surface area contributed by atoms with Gasteiger partial charge in [-0.1, -0.05) is 17.7 Å². The largest absolute Gasteiger partial charge is 0.494 e. The highest BCUT2D eigenvalue weighted by atomic mass is 35.5. The van der Waals surface area contributed by atoms with E-state index in [1.54, 1.807) is 6.07 Å². The summed E-state index contributed by atoms with van der Waals surface area (Å²) < 4.78 is 23.2. The van der Waals surface area contributed by atoms with Crippen LogP contribution in [0, 0.1) is 5.82 Å². The first-order valence-corrected chi connectivity index (χ1v) is 4.33. The molecule has 1 saturated heterocycles. The fourth-order valence-electron chi connectivity index (χ4n) is 1.21. The van der Waals surface area contributed by atoms with E-state index in [4.69, 9.17) is 20.9 Å². The van der Waals surface area contributed by atoms with Crippen LogP contribution >= 0.6 is 11.6 Å². The molecule has 68 valence electrons. The van der Waals surface area contributed by atoms with E-state index in [0.29, 0.717) is 13.2 Å². The topological polar surface area (TPSA) is 18.5 Å². The van der Waals surface area contributed by atoms with Crippen molar-refractivity contribution in [1.82, 2.24) is 0 Å². The van der Waals surface area contributed by atoms with Gasteiger partial charge in [0, 0.05) is 0 Å². The summed E-state index contributed by atoms with van der Waals surface area (Å²) in [6.07, 6.45) is 0. The molecule has 0 unspecified atom stereocenters. The number of rotatable bonds is 1. The van der Waals surface area contributed by atoms with Gasteiger partial charge in [0.25, 0.3) is 0 Å². The number of halogens is 2. The summed E-state index contributed by atoms with van der Waals surface area (Å²) >= 11 is 5.61. The Morgan fingerprint density at radius 2 is 2.00 bits per heavy atom. The van der Waals surface area contributed by atoms with Crippen LogP contribution in [0.3, 0.4) is 0 Å². The molecule has 0 spiro atoms. The van der Waals surface area contributed by atoms with E-state index >= 15 is 0 Å². The second-order valence-corrected chi connectivity index (χ2v) is 3.15. The summed E-state index contributed by atoms with van der Waals surface area (Å²) in [6, 6.07) is 4.44. The molecule has 0 aromatic heterocycles. The first-order chi connectivity index (χ1) is 6.27. The molecule has 0 atom stereocenters. The third-order valence-electron chi connectivity index (χ3n) is 1.84. The molecule has 1 fully saturated rings. The zero-order valence-electron chi connectivity index (χ0n) is 6.80. The van der Waals surface area contributed by atoms with Crippen LogP contribution in [-0.4, -0.2) is 20.3 Å². The zero-order chi connectivity index (χ0) is 9.26. The Hall–Kier alpha value is -0.575. The van der Waals surface area contributed by atoms with Crippen molar-refractivity contribution in [2.24, 2.45) is 0 Å². The van der Waals surface area contributed by atoms with Gasteiger partial charge in [0.15, 0.2) is 0 Å². The Kier molecular flexibility index (Phi) is 2.53. The van der Waals surface area contributed by atoms with Gasteiger partial charge in [-0.2, -0.15) is 0 Å². The minimum absolute atomic E-state index is 0.0941. The Morgan fingerprint density at radius 1 is 1.31 bits per heavy atom. The summed E-state index contributed by atoms with van der Waals surface area (Å²) in [5, 5.41) is 0.0941. The van der Waals surface area contributed by atoms with Crippen molar-refractivity contribution in [3.63, 3.8) is 0 Å². The molecule has 0 saturated carbocycles. The molecule has 1 aliphatic heterocycles. The molecular formula is C8H7BClFO2. The highest BCUT2D eigenvalue weighted by Gasteiger charge is 2.26. The van der Waals surface area contributed by atoms with Crippen molar-refractivity contribution in [2.45, 2.75) is 0 Å². The second kappa shape index (κ2) is 3.66. The van der Waals surface area contributed by atoms with Gasteiger partial charge in [0.05, 0.1) is 18.2 Å². The summed E-state index contributed by atoms with van der Waals surface area (Å²) in [5.74, 6) is -0.427. The smallest absolute Gasteiger partial charge is 0.405 e. The van der Waals surface area contributed by atoms with Crippen molar-refractivity contribution >= 4 is 24.2 Å². The molecule has 2 rings (SSSR count). The van der Waals surface area contributed by atoms with E-state index in [-0.39, 0.29) is 5.02 Å². The highest BCUT2D eigenvalue weighted by Crippen LogP contribution is 2.12. The Bertz CT molecular complexity index is 315. The summed E-state index contributed by atoms with van der Waals surface area (Å²) in [5.41, 5.74) is 0.754. The summed E-state index contributed by atoms with van der Waals surface area (Å²) in [7, 11) is -0.391. The van der Waals surface area contributed by atoms with Crippen molar-refractivity contribution in [1.29, 1.82) is 0 Å². The molecule has 1 heterocycles. The minimum Gasteiger partial charge on any atom is -0.405 e. The van der Waals surface area contributed by atoms with Gasteiger partial charge < -0.3 is 9.31 Å². The Morgan fingerprint density at radius 3 is 2.62 bits per heavy atom. The van der Waals surface area contributed by atoms with E-state index < -0.39 is 12.9 Å². The van der Waals surface area contributed by atoms with Crippen LogP contribution in [-0.2, 0) is 9.31 Å². The predicted molar refractivity (Wildman–Crippen MR) is 48.7 cm³/mol. The van der Waals surface area contributed by atoms with Crippen LogP contribution in [0.15, 0.2) is 18.2 Å². The molecule has 13 heavy (non-hydrogen) atoms. The van der Waals surface area contributed by atoms with Crippen molar-refractivity contribution in [3.05, 3.63) is 29.0 Å². The molecule has 5 heteroatoms. The highest BCUT2D eigenvalue weighted by molar-refractivity contribution is 6.62. The fraction of sp³-hybridized carbons (Fsp3) is 0.250. The van der Waals surface area contributed by atoms with Gasteiger partial charge in [-0.15, -0.1) is 0 Å². The normalized spacial score (nSPS) is 16.6. The Labute approximate surface area is 80.7 Å². The van der Waals surface area contributed by atoms with Crippen LogP contribution in [0.4, 0.5) is 4.39 Å². The average molecular weight is 200 g/mol.